The summed E-state index contributed by atoms with van der Waals surface area (Å²) in [6, 6.07) is 12.1. The van der Waals surface area contributed by atoms with Crippen molar-refractivity contribution in [3.63, 3.8) is 0 Å². The summed E-state index contributed by atoms with van der Waals surface area (Å²) in [5, 5.41) is 0. The maximum absolute atomic E-state index is 13.5. The number of carbonyl (C=O) groups excluding carboxylic acids is 1. The molecule has 3 heterocycles. The normalized spacial score (nSPS) is 22.1. The lowest BCUT2D eigenvalue weighted by Crippen LogP contribution is -2.37. The fourth-order valence-corrected chi connectivity index (χ4v) is 6.44. The van der Waals surface area contributed by atoms with E-state index >= 15 is 0 Å². The number of hydrogen-bond donors (Lipinski definition) is 0. The molecule has 5 rings (SSSR count). The molecule has 2 fully saturated rings. The Kier molecular flexibility index (Phi) is 9.87. The highest BCUT2D eigenvalue weighted by Crippen LogP contribution is 2.37. The topological polar surface area (TPSA) is 60.5 Å². The third-order valence-electron chi connectivity index (χ3n) is 8.80. The molecule has 0 N–H and O–H groups in total. The molecule has 0 spiro atoms. The number of nitrogens with zero attached hydrogens (tertiary/aromatic N) is 2. The first kappa shape index (κ1) is 28.7. The van der Waals surface area contributed by atoms with Gasteiger partial charge in [0.05, 0.1) is 18.9 Å². The minimum Gasteiger partial charge on any atom is -0.495 e. The minimum atomic E-state index is 0.0297. The highest BCUT2D eigenvalue weighted by Gasteiger charge is 2.28. The molecule has 2 aromatic carbocycles. The predicted octanol–water partition coefficient (Wildman–Crippen LogP) is 6.13. The molecule has 0 radical (unpaired) electrons. The van der Waals surface area contributed by atoms with Gasteiger partial charge in [0.25, 0.3) is 5.91 Å². The summed E-state index contributed by atoms with van der Waals surface area (Å²) < 4.78 is 22.8. The highest BCUT2D eigenvalue weighted by molar-refractivity contribution is 6.08. The van der Waals surface area contributed by atoms with E-state index in [1.165, 1.54) is 32.1 Å². The van der Waals surface area contributed by atoms with Crippen molar-refractivity contribution in [3.8, 4) is 11.5 Å². The molecule has 1 amide bonds. The maximum atomic E-state index is 13.5. The van der Waals surface area contributed by atoms with Crippen molar-refractivity contribution in [1.29, 1.82) is 0 Å². The number of benzene rings is 2. The fraction of sp³-hybridized carbons (Fsp3) is 0.606. The summed E-state index contributed by atoms with van der Waals surface area (Å²) in [6.45, 7) is 7.22. The van der Waals surface area contributed by atoms with Gasteiger partial charge < -0.3 is 28.7 Å². The van der Waals surface area contributed by atoms with E-state index in [9.17, 15) is 4.79 Å². The molecule has 0 saturated carbocycles. The van der Waals surface area contributed by atoms with E-state index in [0.29, 0.717) is 19.1 Å². The van der Waals surface area contributed by atoms with Crippen LogP contribution in [0.4, 0.5) is 11.4 Å². The van der Waals surface area contributed by atoms with Gasteiger partial charge in [-0.3, -0.25) is 4.79 Å². The van der Waals surface area contributed by atoms with Gasteiger partial charge in [-0.15, -0.1) is 0 Å². The van der Waals surface area contributed by atoms with Crippen LogP contribution < -0.4 is 19.3 Å². The zero-order chi connectivity index (χ0) is 27.9. The van der Waals surface area contributed by atoms with Crippen LogP contribution in [0.25, 0.3) is 0 Å². The van der Waals surface area contributed by atoms with Crippen LogP contribution in [0.5, 0.6) is 11.5 Å². The van der Waals surface area contributed by atoms with E-state index in [1.807, 2.05) is 29.2 Å². The largest absolute Gasteiger partial charge is 0.495 e. The number of anilines is 2. The fourth-order valence-electron chi connectivity index (χ4n) is 6.44. The summed E-state index contributed by atoms with van der Waals surface area (Å²) in [6.07, 6.45) is 9.29. The summed E-state index contributed by atoms with van der Waals surface area (Å²) >= 11 is 0. The molecule has 3 aliphatic heterocycles. The Labute approximate surface area is 239 Å². The molecule has 2 saturated heterocycles. The van der Waals surface area contributed by atoms with E-state index in [4.69, 9.17) is 18.9 Å². The van der Waals surface area contributed by atoms with Crippen LogP contribution in [-0.4, -0.2) is 65.7 Å². The molecule has 3 atom stereocenters. The molecule has 2 aromatic rings. The van der Waals surface area contributed by atoms with Crippen molar-refractivity contribution >= 4 is 17.3 Å². The molecular formula is C33H46N2O5. The van der Waals surface area contributed by atoms with Crippen LogP contribution in [-0.2, 0) is 15.9 Å². The van der Waals surface area contributed by atoms with Crippen LogP contribution in [0.2, 0.25) is 0 Å². The lowest BCUT2D eigenvalue weighted by Gasteiger charge is -2.31. The van der Waals surface area contributed by atoms with Crippen molar-refractivity contribution in [2.24, 2.45) is 11.8 Å². The lowest BCUT2D eigenvalue weighted by atomic mass is 9.92. The van der Waals surface area contributed by atoms with Gasteiger partial charge in [0.15, 0.2) is 0 Å². The Bertz CT molecular complexity index is 1130. The monoisotopic (exact) mass is 550 g/mol. The molecule has 0 aliphatic carbocycles. The smallest absolute Gasteiger partial charge is 0.258 e. The second-order valence-electron chi connectivity index (χ2n) is 11.7. The zero-order valence-corrected chi connectivity index (χ0v) is 24.5. The second-order valence-corrected chi connectivity index (χ2v) is 11.7. The second kappa shape index (κ2) is 13.7. The van der Waals surface area contributed by atoms with Crippen molar-refractivity contribution in [3.05, 3.63) is 47.5 Å². The Morgan fingerprint density at radius 2 is 1.93 bits per heavy atom. The third-order valence-corrected chi connectivity index (χ3v) is 8.80. The first-order valence-electron chi connectivity index (χ1n) is 15.2. The van der Waals surface area contributed by atoms with E-state index in [1.54, 1.807) is 14.2 Å². The molecule has 0 bridgehead atoms. The number of ether oxygens (including phenoxy) is 4. The van der Waals surface area contributed by atoms with Crippen molar-refractivity contribution < 1.29 is 23.7 Å². The van der Waals surface area contributed by atoms with Gasteiger partial charge in [-0.1, -0.05) is 13.3 Å². The van der Waals surface area contributed by atoms with Crippen LogP contribution in [0.15, 0.2) is 36.4 Å². The van der Waals surface area contributed by atoms with Crippen LogP contribution >= 0.6 is 0 Å². The third kappa shape index (κ3) is 6.92. The standard InChI is InChI=1S/C33H46N2O5/c1-24(22-37-2)8-9-25-6-4-16-34(17-14-25)31-13-10-27(21-32(31)38-3)35-18-15-26-20-28(11-12-30(26)33(35)36)40-23-29-7-5-19-39-29/h10-13,20-21,24-25,29H,4-9,14-19,22-23H2,1-3H3/t24?,25?,29-/m0/s1. The van der Waals surface area contributed by atoms with Crippen molar-refractivity contribution in [2.75, 3.05) is 63.5 Å². The summed E-state index contributed by atoms with van der Waals surface area (Å²) in [7, 11) is 3.52. The SMILES string of the molecule is COCC(C)CCC1CCCN(c2ccc(N3CCc4cc(OC[C@@H]5CCCO5)ccc4C3=O)cc2OC)CC1. The summed E-state index contributed by atoms with van der Waals surface area (Å²) in [5.74, 6) is 3.06. The Hall–Kier alpha value is -2.77. The molecule has 218 valence electrons. The quantitative estimate of drug-likeness (QED) is 0.336. The molecule has 0 aromatic heterocycles. The molecule has 7 heteroatoms. The number of hydrogen-bond acceptors (Lipinski definition) is 6. The Morgan fingerprint density at radius 1 is 1.02 bits per heavy atom. The molecule has 2 unspecified atom stereocenters. The van der Waals surface area contributed by atoms with Gasteiger partial charge in [0.2, 0.25) is 0 Å². The van der Waals surface area contributed by atoms with Crippen molar-refractivity contribution in [2.45, 2.75) is 64.4 Å². The summed E-state index contributed by atoms with van der Waals surface area (Å²) in [4.78, 5) is 17.9. The number of rotatable bonds is 11. The van der Waals surface area contributed by atoms with Gasteiger partial charge in [-0.25, -0.2) is 0 Å². The predicted molar refractivity (Wildman–Crippen MR) is 159 cm³/mol. The highest BCUT2D eigenvalue weighted by atomic mass is 16.5. The van der Waals surface area contributed by atoms with Crippen LogP contribution in [0, 0.1) is 11.8 Å². The van der Waals surface area contributed by atoms with E-state index < -0.39 is 0 Å². The molecule has 7 nitrogen and oxygen atoms in total. The van der Waals surface area contributed by atoms with Gasteiger partial charge in [-0.2, -0.15) is 0 Å². The van der Waals surface area contributed by atoms with E-state index in [2.05, 4.69) is 24.0 Å². The number of amides is 1. The van der Waals surface area contributed by atoms with Gasteiger partial charge in [0, 0.05) is 57.3 Å². The minimum absolute atomic E-state index is 0.0297. The molecule has 40 heavy (non-hydrogen) atoms. The van der Waals surface area contributed by atoms with Crippen molar-refractivity contribution in [1.82, 2.24) is 0 Å². The van der Waals surface area contributed by atoms with Crippen LogP contribution in [0.3, 0.4) is 0 Å². The zero-order valence-electron chi connectivity index (χ0n) is 24.5. The molecule has 3 aliphatic rings. The summed E-state index contributed by atoms with van der Waals surface area (Å²) in [5.41, 5.74) is 3.80. The lowest BCUT2D eigenvalue weighted by molar-refractivity contribution is 0.0679. The number of methoxy groups -OCH3 is 2. The van der Waals surface area contributed by atoms with Crippen LogP contribution in [0.1, 0.15) is 67.8 Å². The number of fused-ring (bicyclic) bond motifs is 1. The first-order valence-corrected chi connectivity index (χ1v) is 15.2. The van der Waals surface area contributed by atoms with E-state index in [-0.39, 0.29) is 12.0 Å². The Balaban J connectivity index is 1.22. The maximum Gasteiger partial charge on any atom is 0.258 e. The van der Waals surface area contributed by atoms with Gasteiger partial charge >= 0.3 is 0 Å². The molecular weight excluding hydrogens is 504 g/mol. The Morgan fingerprint density at radius 3 is 2.73 bits per heavy atom. The number of carbonyl (C=O) groups is 1. The van der Waals surface area contributed by atoms with Gasteiger partial charge in [-0.05, 0) is 92.7 Å². The average Bonchev–Trinajstić information content (AvgIpc) is 3.39. The van der Waals surface area contributed by atoms with Gasteiger partial charge in [0.1, 0.15) is 18.1 Å². The first-order chi connectivity index (χ1) is 19.6. The van der Waals surface area contributed by atoms with E-state index in [0.717, 1.165) is 85.5 Å². The average molecular weight is 551 g/mol.